The van der Waals surface area contributed by atoms with Crippen molar-refractivity contribution >= 4 is 11.7 Å². The average Bonchev–Trinajstić information content (AvgIpc) is 3.00. The highest BCUT2D eigenvalue weighted by atomic mass is 16.5. The van der Waals surface area contributed by atoms with Crippen LogP contribution in [0.15, 0.2) is 10.6 Å². The lowest BCUT2D eigenvalue weighted by molar-refractivity contribution is -0.117. The third-order valence-corrected chi connectivity index (χ3v) is 3.35. The number of rotatable bonds is 6. The van der Waals surface area contributed by atoms with Crippen molar-refractivity contribution in [1.82, 2.24) is 15.4 Å². The van der Waals surface area contributed by atoms with Crippen molar-refractivity contribution in [1.29, 1.82) is 0 Å². The first kappa shape index (κ1) is 14.0. The fraction of sp³-hybridized carbons (Fsp3) is 0.692. The van der Waals surface area contributed by atoms with E-state index in [1.807, 2.05) is 0 Å². The van der Waals surface area contributed by atoms with Crippen molar-refractivity contribution in [3.63, 3.8) is 0 Å². The summed E-state index contributed by atoms with van der Waals surface area (Å²) in [5.74, 6) is 1.13. The molecule has 1 atom stereocenters. The fourth-order valence-electron chi connectivity index (χ4n) is 2.34. The molecule has 2 rings (SSSR count). The second kappa shape index (κ2) is 6.68. The lowest BCUT2D eigenvalue weighted by Gasteiger charge is -2.23. The molecule has 106 valence electrons. The number of nitrogens with one attached hydrogen (secondary N) is 2. The van der Waals surface area contributed by atoms with E-state index in [9.17, 15) is 4.79 Å². The molecule has 0 aliphatic carbocycles. The molecule has 1 aromatic rings. The lowest BCUT2D eigenvalue weighted by atomic mass is 10.2. The van der Waals surface area contributed by atoms with Crippen LogP contribution in [-0.2, 0) is 4.79 Å². The summed E-state index contributed by atoms with van der Waals surface area (Å²) in [4.78, 5) is 14.1. The first-order chi connectivity index (χ1) is 9.17. The van der Waals surface area contributed by atoms with Crippen molar-refractivity contribution < 1.29 is 9.32 Å². The Morgan fingerprint density at radius 3 is 3.11 bits per heavy atom. The van der Waals surface area contributed by atoms with Crippen LogP contribution in [0.1, 0.15) is 25.5 Å². The molecule has 1 saturated heterocycles. The summed E-state index contributed by atoms with van der Waals surface area (Å²) in [6, 6.07) is 2.23. The highest BCUT2D eigenvalue weighted by Gasteiger charge is 2.18. The maximum Gasteiger partial charge on any atom is 0.239 e. The summed E-state index contributed by atoms with van der Waals surface area (Å²) in [7, 11) is 0. The zero-order valence-electron chi connectivity index (χ0n) is 11.6. The summed E-state index contributed by atoms with van der Waals surface area (Å²) in [6.07, 6.45) is 2.42. The zero-order valence-corrected chi connectivity index (χ0v) is 11.6. The minimum atomic E-state index is -0.0480. The normalized spacial score (nSPS) is 19.0. The van der Waals surface area contributed by atoms with Crippen molar-refractivity contribution in [2.75, 3.05) is 31.5 Å². The number of nitrogens with zero attached hydrogens (tertiary/aromatic N) is 2. The summed E-state index contributed by atoms with van der Waals surface area (Å²) >= 11 is 0. The van der Waals surface area contributed by atoms with Crippen molar-refractivity contribution in [2.24, 2.45) is 0 Å². The highest BCUT2D eigenvalue weighted by molar-refractivity contribution is 5.91. The van der Waals surface area contributed by atoms with Gasteiger partial charge in [0.1, 0.15) is 5.76 Å². The van der Waals surface area contributed by atoms with Crippen LogP contribution in [-0.4, -0.2) is 48.2 Å². The van der Waals surface area contributed by atoms with Crippen molar-refractivity contribution in [3.05, 3.63) is 11.8 Å². The second-order valence-electron chi connectivity index (χ2n) is 4.99. The van der Waals surface area contributed by atoms with Gasteiger partial charge in [0.05, 0.1) is 6.54 Å². The van der Waals surface area contributed by atoms with Gasteiger partial charge in [-0.2, -0.15) is 0 Å². The molecule has 2 heterocycles. The monoisotopic (exact) mass is 266 g/mol. The third kappa shape index (κ3) is 4.33. The largest absolute Gasteiger partial charge is 0.360 e. The minimum Gasteiger partial charge on any atom is -0.360 e. The molecule has 19 heavy (non-hydrogen) atoms. The number of hydrogen-bond acceptors (Lipinski definition) is 5. The SMILES string of the molecule is CCN(CC(=O)Nc1cc(C)on1)CC1CCCN1. The van der Waals surface area contributed by atoms with Crippen LogP contribution in [0, 0.1) is 6.92 Å². The number of hydrogen-bond donors (Lipinski definition) is 2. The number of amides is 1. The van der Waals surface area contributed by atoms with Crippen LogP contribution in [0.3, 0.4) is 0 Å². The zero-order chi connectivity index (χ0) is 13.7. The van der Waals surface area contributed by atoms with E-state index in [1.165, 1.54) is 12.8 Å². The van der Waals surface area contributed by atoms with E-state index in [4.69, 9.17) is 4.52 Å². The molecule has 0 radical (unpaired) electrons. The number of anilines is 1. The van der Waals surface area contributed by atoms with Gasteiger partial charge in [0, 0.05) is 18.7 Å². The molecule has 0 saturated carbocycles. The van der Waals surface area contributed by atoms with Gasteiger partial charge in [0.2, 0.25) is 5.91 Å². The van der Waals surface area contributed by atoms with Gasteiger partial charge in [0.15, 0.2) is 5.82 Å². The van der Waals surface area contributed by atoms with E-state index in [2.05, 4.69) is 27.6 Å². The molecule has 0 bridgehead atoms. The minimum absolute atomic E-state index is 0.0480. The molecular formula is C13H22N4O2. The Morgan fingerprint density at radius 1 is 1.68 bits per heavy atom. The Kier molecular flexibility index (Phi) is 4.93. The lowest BCUT2D eigenvalue weighted by Crippen LogP contribution is -2.41. The van der Waals surface area contributed by atoms with Crippen LogP contribution in [0.25, 0.3) is 0 Å². The second-order valence-corrected chi connectivity index (χ2v) is 4.99. The van der Waals surface area contributed by atoms with Gasteiger partial charge in [0.25, 0.3) is 0 Å². The van der Waals surface area contributed by atoms with E-state index in [0.29, 0.717) is 24.2 Å². The van der Waals surface area contributed by atoms with Crippen LogP contribution in [0.2, 0.25) is 0 Å². The Balaban J connectivity index is 1.78. The van der Waals surface area contributed by atoms with Crippen molar-refractivity contribution in [3.8, 4) is 0 Å². The topological polar surface area (TPSA) is 70.4 Å². The molecule has 1 fully saturated rings. The Bertz CT molecular complexity index is 413. The maximum absolute atomic E-state index is 11.9. The predicted molar refractivity (Wildman–Crippen MR) is 73.0 cm³/mol. The number of carbonyl (C=O) groups excluding carboxylic acids is 1. The van der Waals surface area contributed by atoms with E-state index in [1.54, 1.807) is 13.0 Å². The van der Waals surface area contributed by atoms with Gasteiger partial charge in [-0.05, 0) is 32.9 Å². The summed E-state index contributed by atoms with van der Waals surface area (Å²) in [5.41, 5.74) is 0. The summed E-state index contributed by atoms with van der Waals surface area (Å²) < 4.78 is 4.92. The molecule has 6 heteroatoms. The fourth-order valence-corrected chi connectivity index (χ4v) is 2.34. The van der Waals surface area contributed by atoms with E-state index in [-0.39, 0.29) is 5.91 Å². The van der Waals surface area contributed by atoms with Crippen LogP contribution >= 0.6 is 0 Å². The van der Waals surface area contributed by atoms with Gasteiger partial charge in [-0.25, -0.2) is 0 Å². The molecule has 1 aromatic heterocycles. The average molecular weight is 266 g/mol. The maximum atomic E-state index is 11.9. The summed E-state index contributed by atoms with van der Waals surface area (Å²) in [6.45, 7) is 7.13. The molecule has 1 unspecified atom stereocenters. The van der Waals surface area contributed by atoms with Crippen molar-refractivity contribution in [2.45, 2.75) is 32.7 Å². The first-order valence-electron chi connectivity index (χ1n) is 6.86. The molecule has 2 N–H and O–H groups in total. The van der Waals surface area contributed by atoms with Crippen LogP contribution in [0.5, 0.6) is 0 Å². The molecule has 1 aliphatic rings. The van der Waals surface area contributed by atoms with E-state index >= 15 is 0 Å². The third-order valence-electron chi connectivity index (χ3n) is 3.35. The van der Waals surface area contributed by atoms with Gasteiger partial charge in [-0.3, -0.25) is 9.69 Å². The van der Waals surface area contributed by atoms with Crippen LogP contribution in [0.4, 0.5) is 5.82 Å². The number of carbonyl (C=O) groups is 1. The molecule has 0 aromatic carbocycles. The standard InChI is InChI=1S/C13H22N4O2/c1-3-17(8-11-5-4-6-14-11)9-13(18)15-12-7-10(2)19-16-12/h7,11,14H,3-6,8-9H2,1-2H3,(H,15,16,18). The van der Waals surface area contributed by atoms with Gasteiger partial charge >= 0.3 is 0 Å². The molecule has 0 spiro atoms. The van der Waals surface area contributed by atoms with Gasteiger partial charge < -0.3 is 15.2 Å². The Morgan fingerprint density at radius 2 is 2.53 bits per heavy atom. The summed E-state index contributed by atoms with van der Waals surface area (Å²) in [5, 5.41) is 9.95. The van der Waals surface area contributed by atoms with E-state index in [0.717, 1.165) is 19.6 Å². The number of aromatic nitrogens is 1. The highest BCUT2D eigenvalue weighted by Crippen LogP contribution is 2.09. The number of likely N-dealkylation sites (N-methyl/N-ethyl adjacent to an activating group) is 1. The first-order valence-corrected chi connectivity index (χ1v) is 6.86. The smallest absolute Gasteiger partial charge is 0.239 e. The van der Waals surface area contributed by atoms with Gasteiger partial charge in [-0.15, -0.1) is 0 Å². The quantitative estimate of drug-likeness (QED) is 0.803. The van der Waals surface area contributed by atoms with Crippen LogP contribution < -0.4 is 10.6 Å². The molecule has 1 amide bonds. The number of aryl methyl sites for hydroxylation is 1. The molecule has 6 nitrogen and oxygen atoms in total. The predicted octanol–water partition coefficient (Wildman–Crippen LogP) is 0.995. The molecule has 1 aliphatic heterocycles. The van der Waals surface area contributed by atoms with Gasteiger partial charge in [-0.1, -0.05) is 12.1 Å². The molecular weight excluding hydrogens is 244 g/mol. The Hall–Kier alpha value is -1.40. The Labute approximate surface area is 113 Å². The van der Waals surface area contributed by atoms with E-state index < -0.39 is 0 Å².